The number of halogens is 3. The molecule has 0 radical (unpaired) electrons. The van der Waals surface area contributed by atoms with E-state index in [4.69, 9.17) is 9.47 Å². The zero-order chi connectivity index (χ0) is 36.7. The van der Waals surface area contributed by atoms with Crippen molar-refractivity contribution in [1.29, 1.82) is 5.26 Å². The van der Waals surface area contributed by atoms with Gasteiger partial charge in [-0.25, -0.2) is 4.39 Å². The summed E-state index contributed by atoms with van der Waals surface area (Å²) < 4.78 is 56.0. The number of likely N-dealkylation sites (tertiary alicyclic amines) is 1. The van der Waals surface area contributed by atoms with E-state index >= 15 is 8.78 Å². The summed E-state index contributed by atoms with van der Waals surface area (Å²) >= 11 is 0. The third kappa shape index (κ3) is 6.77. The second kappa shape index (κ2) is 13.6. The number of methoxy groups -OCH3 is 2. The van der Waals surface area contributed by atoms with Crippen molar-refractivity contribution in [3.63, 3.8) is 0 Å². The van der Waals surface area contributed by atoms with Crippen LogP contribution in [0.4, 0.5) is 24.5 Å². The van der Waals surface area contributed by atoms with E-state index in [9.17, 15) is 24.0 Å². The van der Waals surface area contributed by atoms with Gasteiger partial charge in [-0.05, 0) is 60.0 Å². The lowest BCUT2D eigenvalue weighted by atomic mass is 9.89. The molecule has 6 rings (SSSR count). The Morgan fingerprint density at radius 2 is 1.65 bits per heavy atom. The van der Waals surface area contributed by atoms with Crippen LogP contribution in [0.5, 0.6) is 5.75 Å². The van der Waals surface area contributed by atoms with Gasteiger partial charge >= 0.3 is 5.97 Å². The van der Waals surface area contributed by atoms with Crippen molar-refractivity contribution in [2.24, 2.45) is 5.41 Å². The van der Waals surface area contributed by atoms with Crippen molar-refractivity contribution in [3.05, 3.63) is 107 Å². The van der Waals surface area contributed by atoms with Gasteiger partial charge in [0.05, 0.1) is 50.2 Å². The Morgan fingerprint density at radius 3 is 2.27 bits per heavy atom. The summed E-state index contributed by atoms with van der Waals surface area (Å²) in [4.78, 5) is 43.6. The van der Waals surface area contributed by atoms with Gasteiger partial charge < -0.3 is 19.7 Å². The van der Waals surface area contributed by atoms with Crippen LogP contribution in [0.1, 0.15) is 63.8 Å². The first kappa shape index (κ1) is 35.2. The standard InChI is InChI=1S/C37H35F3N6O5/c1-36(2,16-32(47)51-4)21-44-19-29-30(20-44)46-33(28(18-42-46)43-34(48)22-5-14-31(50-3)23(15-22)17-41)35(49)45(29)27-12-8-25(9-13-27)37(39,40)24-6-10-26(38)11-7-24/h5-15,18,29-30H,16,19-21H2,1-4H3,(H,43,48)/t29-,30+/m0/s1. The average molecular weight is 701 g/mol. The fourth-order valence-electron chi connectivity index (χ4n) is 6.87. The Morgan fingerprint density at radius 1 is 1.00 bits per heavy atom. The van der Waals surface area contributed by atoms with Crippen LogP contribution >= 0.6 is 0 Å². The van der Waals surface area contributed by atoms with Crippen LogP contribution in [-0.2, 0) is 15.5 Å². The Labute approximate surface area is 292 Å². The topological polar surface area (TPSA) is 130 Å². The molecule has 0 unspecified atom stereocenters. The van der Waals surface area contributed by atoms with Crippen molar-refractivity contribution >= 4 is 29.2 Å². The molecule has 2 amide bonds. The number of fused-ring (bicyclic) bond motifs is 3. The van der Waals surface area contributed by atoms with E-state index in [0.29, 0.717) is 31.1 Å². The SMILES string of the molecule is COC(=O)CC(C)(C)CN1C[C@@H]2[C@H](C1)N(c1ccc(C(F)(F)c3ccc(F)cc3)cc1)C(=O)c1c(NC(=O)c3ccc(OC)c(C#N)c3)cnn12. The van der Waals surface area contributed by atoms with Crippen molar-refractivity contribution in [2.75, 3.05) is 44.1 Å². The summed E-state index contributed by atoms with van der Waals surface area (Å²) in [6.45, 7) is 5.19. The molecule has 2 atom stereocenters. The van der Waals surface area contributed by atoms with Gasteiger partial charge in [-0.2, -0.15) is 19.1 Å². The molecule has 2 aliphatic heterocycles. The van der Waals surface area contributed by atoms with Crippen LogP contribution in [-0.4, -0.2) is 72.4 Å². The number of ether oxygens (including phenoxy) is 2. The largest absolute Gasteiger partial charge is 0.495 e. The van der Waals surface area contributed by atoms with Gasteiger partial charge in [0.2, 0.25) is 0 Å². The number of nitriles is 1. The van der Waals surface area contributed by atoms with E-state index in [2.05, 4.69) is 15.3 Å². The zero-order valence-corrected chi connectivity index (χ0v) is 28.3. The van der Waals surface area contributed by atoms with Crippen LogP contribution in [0, 0.1) is 22.6 Å². The number of anilines is 2. The van der Waals surface area contributed by atoms with E-state index in [-0.39, 0.29) is 46.0 Å². The average Bonchev–Trinajstić information content (AvgIpc) is 3.71. The van der Waals surface area contributed by atoms with Crippen LogP contribution in [0.25, 0.3) is 0 Å². The predicted molar refractivity (Wildman–Crippen MR) is 180 cm³/mol. The van der Waals surface area contributed by atoms with Gasteiger partial charge in [0.25, 0.3) is 17.7 Å². The van der Waals surface area contributed by atoms with Gasteiger partial charge in [0.1, 0.15) is 17.6 Å². The molecule has 0 aliphatic carbocycles. The summed E-state index contributed by atoms with van der Waals surface area (Å²) in [5, 5.41) is 16.8. The molecule has 1 fully saturated rings. The van der Waals surface area contributed by atoms with E-state index in [0.717, 1.165) is 24.3 Å². The van der Waals surface area contributed by atoms with Crippen LogP contribution < -0.4 is 15.0 Å². The van der Waals surface area contributed by atoms with Crippen molar-refractivity contribution in [1.82, 2.24) is 14.7 Å². The number of alkyl halides is 2. The van der Waals surface area contributed by atoms with E-state index in [1.54, 1.807) is 4.68 Å². The molecule has 51 heavy (non-hydrogen) atoms. The number of amides is 2. The number of hydrogen-bond acceptors (Lipinski definition) is 8. The van der Waals surface area contributed by atoms with E-state index in [1.165, 1.54) is 67.8 Å². The van der Waals surface area contributed by atoms with E-state index < -0.39 is 41.1 Å². The number of benzene rings is 3. The Hall–Kier alpha value is -5.68. The first-order chi connectivity index (χ1) is 24.3. The molecule has 1 aromatic heterocycles. The molecular formula is C37H35F3N6O5. The van der Waals surface area contributed by atoms with Gasteiger partial charge in [-0.15, -0.1) is 0 Å². The molecule has 14 heteroatoms. The van der Waals surface area contributed by atoms with Crippen LogP contribution in [0.2, 0.25) is 0 Å². The molecule has 2 aliphatic rings. The number of rotatable bonds is 10. The fourth-order valence-corrected chi connectivity index (χ4v) is 6.87. The van der Waals surface area contributed by atoms with Gasteiger partial charge in [0, 0.05) is 42.0 Å². The third-order valence-electron chi connectivity index (χ3n) is 9.24. The number of carbonyl (C=O) groups is 3. The quantitative estimate of drug-likeness (QED) is 0.207. The Kier molecular flexibility index (Phi) is 9.35. The molecule has 264 valence electrons. The number of nitrogens with zero attached hydrogens (tertiary/aromatic N) is 5. The maximum Gasteiger partial charge on any atom is 0.306 e. The van der Waals surface area contributed by atoms with Gasteiger partial charge in [-0.1, -0.05) is 26.0 Å². The van der Waals surface area contributed by atoms with Crippen molar-refractivity contribution in [3.8, 4) is 11.8 Å². The summed E-state index contributed by atoms with van der Waals surface area (Å²) in [6.07, 6.45) is 1.56. The molecule has 1 saturated heterocycles. The molecule has 1 N–H and O–H groups in total. The van der Waals surface area contributed by atoms with Crippen LogP contribution in [0.15, 0.2) is 72.9 Å². The predicted octanol–water partition coefficient (Wildman–Crippen LogP) is 5.77. The minimum absolute atomic E-state index is 0.0926. The number of aromatic nitrogens is 2. The second-order valence-electron chi connectivity index (χ2n) is 13.4. The normalized spacial score (nSPS) is 17.4. The zero-order valence-electron chi connectivity index (χ0n) is 28.3. The van der Waals surface area contributed by atoms with Crippen molar-refractivity contribution in [2.45, 2.75) is 38.3 Å². The maximum atomic E-state index is 15.5. The Bertz CT molecular complexity index is 2020. The first-order valence-corrected chi connectivity index (χ1v) is 16.1. The molecule has 0 spiro atoms. The first-order valence-electron chi connectivity index (χ1n) is 16.1. The molecule has 3 aromatic carbocycles. The monoisotopic (exact) mass is 700 g/mol. The molecule has 0 bridgehead atoms. The van der Waals surface area contributed by atoms with Gasteiger partial charge in [0.15, 0.2) is 5.69 Å². The minimum Gasteiger partial charge on any atom is -0.495 e. The highest BCUT2D eigenvalue weighted by atomic mass is 19.3. The maximum absolute atomic E-state index is 15.5. The van der Waals surface area contributed by atoms with Crippen LogP contribution in [0.3, 0.4) is 0 Å². The van der Waals surface area contributed by atoms with Crippen molar-refractivity contribution < 1.29 is 37.0 Å². The summed E-state index contributed by atoms with van der Waals surface area (Å²) in [6, 6.07) is 14.8. The lowest BCUT2D eigenvalue weighted by Gasteiger charge is -2.37. The highest BCUT2D eigenvalue weighted by Gasteiger charge is 2.49. The second-order valence-corrected chi connectivity index (χ2v) is 13.4. The highest BCUT2D eigenvalue weighted by Crippen LogP contribution is 2.41. The summed E-state index contributed by atoms with van der Waals surface area (Å²) in [7, 11) is 2.74. The third-order valence-corrected chi connectivity index (χ3v) is 9.24. The molecule has 11 nitrogen and oxygen atoms in total. The number of carbonyl (C=O) groups excluding carboxylic acids is 3. The molecule has 0 saturated carbocycles. The molecular weight excluding hydrogens is 665 g/mol. The number of esters is 1. The summed E-state index contributed by atoms with van der Waals surface area (Å²) in [5.41, 5.74) is -0.315. The molecule has 3 heterocycles. The number of hydrogen-bond donors (Lipinski definition) is 1. The molecule has 4 aromatic rings. The Balaban J connectivity index is 1.35. The van der Waals surface area contributed by atoms with E-state index in [1.807, 2.05) is 19.9 Å². The smallest absolute Gasteiger partial charge is 0.306 e. The lowest BCUT2D eigenvalue weighted by Crippen LogP contribution is -2.51. The highest BCUT2D eigenvalue weighted by molar-refractivity contribution is 6.13. The summed E-state index contributed by atoms with van der Waals surface area (Å²) in [5.74, 6) is -5.20. The minimum atomic E-state index is -3.43. The number of nitrogens with one attached hydrogen (secondary N) is 1. The van der Waals surface area contributed by atoms with Gasteiger partial charge in [-0.3, -0.25) is 24.0 Å². The fraction of sp³-hybridized carbons (Fsp3) is 0.324. The lowest BCUT2D eigenvalue weighted by molar-refractivity contribution is -0.143.